The molecule has 1 aromatic heterocycles. The van der Waals surface area contributed by atoms with Crippen LogP contribution in [0.4, 0.5) is 0 Å². The molecule has 0 radical (unpaired) electrons. The van der Waals surface area contributed by atoms with Crippen molar-refractivity contribution in [2.45, 2.75) is 82.4 Å². The van der Waals surface area contributed by atoms with Gasteiger partial charge in [0.05, 0.1) is 11.6 Å². The molecule has 3 atom stereocenters. The zero-order valence-electron chi connectivity index (χ0n) is 29.2. The highest BCUT2D eigenvalue weighted by atomic mass is 16.5. The van der Waals surface area contributed by atoms with Crippen molar-refractivity contribution in [2.24, 2.45) is 0 Å². The maximum absolute atomic E-state index is 14.4. The summed E-state index contributed by atoms with van der Waals surface area (Å²) in [5.41, 5.74) is 3.40. The topological polar surface area (TPSA) is 86.2 Å². The molecule has 0 bridgehead atoms. The van der Waals surface area contributed by atoms with Crippen molar-refractivity contribution < 1.29 is 19.4 Å². The Labute approximate surface area is 297 Å². The van der Waals surface area contributed by atoms with E-state index in [1.54, 1.807) is 6.20 Å². The number of ether oxygens (including phenoxy) is 1. The summed E-state index contributed by atoms with van der Waals surface area (Å²) in [5.74, 6) is 0.803. The van der Waals surface area contributed by atoms with Gasteiger partial charge in [0.15, 0.2) is 0 Å². The lowest BCUT2D eigenvalue weighted by molar-refractivity contribution is -0.152. The number of hydrogen-bond donors (Lipinski definition) is 1. The van der Waals surface area contributed by atoms with Crippen LogP contribution < -0.4 is 4.74 Å². The molecule has 3 aromatic carbocycles. The Bertz CT molecular complexity index is 1600. The van der Waals surface area contributed by atoms with Crippen LogP contribution in [0.25, 0.3) is 10.9 Å². The van der Waals surface area contributed by atoms with E-state index in [9.17, 15) is 14.7 Å². The van der Waals surface area contributed by atoms with Gasteiger partial charge in [-0.05, 0) is 99.7 Å². The third-order valence-electron chi connectivity index (χ3n) is 10.2. The number of aromatic nitrogens is 1. The van der Waals surface area contributed by atoms with Gasteiger partial charge in [-0.15, -0.1) is 0 Å². The average molecular weight is 677 g/mol. The first kappa shape index (κ1) is 35.6. The first-order valence-corrected chi connectivity index (χ1v) is 18.6. The lowest BCUT2D eigenvalue weighted by Crippen LogP contribution is -2.59. The number of likely N-dealkylation sites (tertiary alicyclic amines) is 2. The van der Waals surface area contributed by atoms with Crippen LogP contribution >= 0.6 is 0 Å². The Kier molecular flexibility index (Phi) is 12.9. The second-order valence-corrected chi connectivity index (χ2v) is 13.8. The van der Waals surface area contributed by atoms with Gasteiger partial charge in [0.2, 0.25) is 11.8 Å². The number of nitrogens with zero attached hydrogens (tertiary/aromatic N) is 4. The highest BCUT2D eigenvalue weighted by Gasteiger charge is 2.40. The van der Waals surface area contributed by atoms with E-state index in [2.05, 4.69) is 58.4 Å². The van der Waals surface area contributed by atoms with Crippen LogP contribution in [0.2, 0.25) is 0 Å². The van der Waals surface area contributed by atoms with Gasteiger partial charge in [-0.25, -0.2) is 0 Å². The number of aryl methyl sites for hydroxylation is 2. The SMILES string of the molecule is O=C(C1CCCCN1C(=O)C1CCCCN1CC(O)COc1cccc2ncccc12)N(CCCc1ccccc1)CCCc1ccccc1. The molecule has 4 aromatic rings. The fourth-order valence-electron chi connectivity index (χ4n) is 7.62. The van der Waals surface area contributed by atoms with Crippen LogP contribution in [0.1, 0.15) is 62.5 Å². The largest absolute Gasteiger partial charge is 0.490 e. The minimum atomic E-state index is -0.765. The molecule has 3 heterocycles. The molecule has 50 heavy (non-hydrogen) atoms. The number of rotatable bonds is 15. The number of benzene rings is 3. The quantitative estimate of drug-likeness (QED) is 0.159. The minimum Gasteiger partial charge on any atom is -0.490 e. The number of aliphatic hydroxyl groups is 1. The smallest absolute Gasteiger partial charge is 0.245 e. The number of amides is 2. The Balaban J connectivity index is 1.10. The van der Waals surface area contributed by atoms with Crippen LogP contribution in [-0.2, 0) is 22.4 Å². The number of piperidine rings is 2. The van der Waals surface area contributed by atoms with E-state index in [1.165, 1.54) is 11.1 Å². The predicted octanol–water partition coefficient (Wildman–Crippen LogP) is 6.30. The van der Waals surface area contributed by atoms with E-state index < -0.39 is 12.1 Å². The Hall–Kier alpha value is -4.27. The number of β-amino-alcohol motifs (C(OH)–C–C–N with tert-alkyl or cyclic N) is 1. The Morgan fingerprint density at radius 2 is 1.44 bits per heavy atom. The first-order chi connectivity index (χ1) is 24.6. The Morgan fingerprint density at radius 1 is 0.780 bits per heavy atom. The lowest BCUT2D eigenvalue weighted by Gasteiger charge is -2.43. The van der Waals surface area contributed by atoms with Gasteiger partial charge >= 0.3 is 0 Å². The van der Waals surface area contributed by atoms with Crippen LogP contribution in [0, 0.1) is 0 Å². The standard InChI is InChI=1S/C42H52N4O4/c47-35(32-50-40-25-11-22-37-36(40)21-12-26-43-37)31-45-27-9-7-23-38(45)42(49)46-30-10-8-24-39(46)41(48)44(28-13-19-33-15-3-1-4-16-33)29-14-20-34-17-5-2-6-18-34/h1-6,11-12,15-18,21-22,25-26,35,38-39,47H,7-10,13-14,19-20,23-24,27-32H2. The molecule has 1 N–H and O–H groups in total. The molecule has 264 valence electrons. The van der Waals surface area contributed by atoms with E-state index in [0.29, 0.717) is 38.3 Å². The summed E-state index contributed by atoms with van der Waals surface area (Å²) >= 11 is 0. The third-order valence-corrected chi connectivity index (χ3v) is 10.2. The van der Waals surface area contributed by atoms with Crippen molar-refractivity contribution in [1.29, 1.82) is 0 Å². The van der Waals surface area contributed by atoms with Crippen LogP contribution in [-0.4, -0.2) is 94.1 Å². The number of carbonyl (C=O) groups excluding carboxylic acids is 2. The summed E-state index contributed by atoms with van der Waals surface area (Å²) < 4.78 is 6.07. The maximum atomic E-state index is 14.4. The Morgan fingerprint density at radius 3 is 2.14 bits per heavy atom. The highest BCUT2D eigenvalue weighted by molar-refractivity contribution is 5.90. The number of fused-ring (bicyclic) bond motifs is 1. The van der Waals surface area contributed by atoms with Crippen LogP contribution in [0.15, 0.2) is 97.2 Å². The zero-order valence-corrected chi connectivity index (χ0v) is 29.2. The number of carbonyl (C=O) groups is 2. The molecule has 8 nitrogen and oxygen atoms in total. The average Bonchev–Trinajstić information content (AvgIpc) is 3.17. The predicted molar refractivity (Wildman–Crippen MR) is 198 cm³/mol. The van der Waals surface area contributed by atoms with Crippen molar-refractivity contribution >= 4 is 22.7 Å². The molecule has 0 saturated carbocycles. The van der Waals surface area contributed by atoms with E-state index >= 15 is 0 Å². The minimum absolute atomic E-state index is 0.0320. The van der Waals surface area contributed by atoms with Crippen LogP contribution in [0.5, 0.6) is 5.75 Å². The maximum Gasteiger partial charge on any atom is 0.245 e. The van der Waals surface area contributed by atoms with Crippen molar-refractivity contribution in [2.75, 3.05) is 39.3 Å². The molecule has 0 spiro atoms. The molecule has 2 fully saturated rings. The van der Waals surface area contributed by atoms with Gasteiger partial charge in [-0.2, -0.15) is 0 Å². The van der Waals surface area contributed by atoms with Crippen LogP contribution in [0.3, 0.4) is 0 Å². The highest BCUT2D eigenvalue weighted by Crippen LogP contribution is 2.27. The van der Waals surface area contributed by atoms with Gasteiger partial charge in [0.1, 0.15) is 24.5 Å². The van der Waals surface area contributed by atoms with Gasteiger partial charge in [0, 0.05) is 37.8 Å². The summed E-state index contributed by atoms with van der Waals surface area (Å²) in [6.45, 7) is 3.16. The van der Waals surface area contributed by atoms with E-state index in [0.717, 1.165) is 75.2 Å². The molecule has 6 rings (SSSR count). The third kappa shape index (κ3) is 9.49. The second kappa shape index (κ2) is 18.1. The molecule has 2 aliphatic heterocycles. The van der Waals surface area contributed by atoms with E-state index in [1.807, 2.05) is 52.3 Å². The zero-order chi connectivity index (χ0) is 34.5. The number of pyridine rings is 1. The molecule has 2 aliphatic rings. The van der Waals surface area contributed by atoms with Gasteiger partial charge in [0.25, 0.3) is 0 Å². The number of aliphatic hydroxyl groups excluding tert-OH is 1. The van der Waals surface area contributed by atoms with Gasteiger partial charge < -0.3 is 19.6 Å². The monoisotopic (exact) mass is 676 g/mol. The fourth-order valence-corrected chi connectivity index (χ4v) is 7.62. The summed E-state index contributed by atoms with van der Waals surface area (Å²) in [4.78, 5) is 39.3. The van der Waals surface area contributed by atoms with Crippen molar-refractivity contribution in [1.82, 2.24) is 19.7 Å². The van der Waals surface area contributed by atoms with Crippen molar-refractivity contribution in [3.8, 4) is 5.75 Å². The molecule has 0 aliphatic carbocycles. The summed E-state index contributed by atoms with van der Waals surface area (Å²) in [6.07, 6.45) is 9.79. The summed E-state index contributed by atoms with van der Waals surface area (Å²) in [6, 6.07) is 29.7. The molecule has 8 heteroatoms. The fraction of sp³-hybridized carbons (Fsp3) is 0.452. The van der Waals surface area contributed by atoms with Crippen molar-refractivity contribution in [3.05, 3.63) is 108 Å². The van der Waals surface area contributed by atoms with Gasteiger partial charge in [-0.1, -0.05) is 73.2 Å². The molecule has 3 unspecified atom stereocenters. The van der Waals surface area contributed by atoms with Crippen molar-refractivity contribution in [3.63, 3.8) is 0 Å². The lowest BCUT2D eigenvalue weighted by atomic mass is 9.95. The summed E-state index contributed by atoms with van der Waals surface area (Å²) in [5, 5.41) is 12.0. The van der Waals surface area contributed by atoms with E-state index in [-0.39, 0.29) is 24.5 Å². The first-order valence-electron chi connectivity index (χ1n) is 18.6. The molecular formula is C42H52N4O4. The number of hydrogen-bond acceptors (Lipinski definition) is 6. The molecule has 2 saturated heterocycles. The van der Waals surface area contributed by atoms with E-state index in [4.69, 9.17) is 4.74 Å². The molecule has 2 amide bonds. The second-order valence-electron chi connectivity index (χ2n) is 13.8. The van der Waals surface area contributed by atoms with Gasteiger partial charge in [-0.3, -0.25) is 19.5 Å². The summed E-state index contributed by atoms with van der Waals surface area (Å²) in [7, 11) is 0. The normalized spacial score (nSPS) is 18.9. The molecular weight excluding hydrogens is 624 g/mol.